The van der Waals surface area contributed by atoms with E-state index >= 15 is 0 Å². The predicted molar refractivity (Wildman–Crippen MR) is 78.6 cm³/mol. The standard InChI is InChI=1S/C16H20N2O2/c1-2-14-4-6-15(7-5-14)16(19)17-8-3-9-18-10-12-20-13-11-18/h1,4-7H,3,8-13H2,(H,17,19). The molecule has 0 radical (unpaired) electrons. The van der Waals surface area contributed by atoms with Crippen LogP contribution in [0.3, 0.4) is 0 Å². The van der Waals surface area contributed by atoms with Gasteiger partial charge in [0.1, 0.15) is 0 Å². The van der Waals surface area contributed by atoms with Gasteiger partial charge in [-0.15, -0.1) is 6.42 Å². The van der Waals surface area contributed by atoms with Gasteiger partial charge in [0.2, 0.25) is 0 Å². The molecule has 0 aromatic heterocycles. The minimum atomic E-state index is -0.0458. The molecule has 1 aliphatic heterocycles. The quantitative estimate of drug-likeness (QED) is 0.645. The molecule has 1 amide bonds. The summed E-state index contributed by atoms with van der Waals surface area (Å²) in [5.41, 5.74) is 1.43. The molecule has 0 spiro atoms. The van der Waals surface area contributed by atoms with E-state index in [4.69, 9.17) is 11.2 Å². The van der Waals surface area contributed by atoms with Crippen molar-refractivity contribution in [2.24, 2.45) is 0 Å². The van der Waals surface area contributed by atoms with E-state index in [9.17, 15) is 4.79 Å². The maximum atomic E-state index is 11.9. The lowest BCUT2D eigenvalue weighted by molar-refractivity contribution is 0.0374. The number of terminal acetylenes is 1. The van der Waals surface area contributed by atoms with Gasteiger partial charge in [0, 0.05) is 30.8 Å². The van der Waals surface area contributed by atoms with Gasteiger partial charge in [0.25, 0.3) is 5.91 Å². The molecule has 4 nitrogen and oxygen atoms in total. The highest BCUT2D eigenvalue weighted by molar-refractivity contribution is 5.94. The Morgan fingerprint density at radius 2 is 2.00 bits per heavy atom. The summed E-state index contributed by atoms with van der Waals surface area (Å²) in [6, 6.07) is 7.07. The molecule has 0 saturated carbocycles. The second kappa shape index (κ2) is 7.68. The Balaban J connectivity index is 1.67. The topological polar surface area (TPSA) is 41.6 Å². The Morgan fingerprint density at radius 3 is 2.65 bits per heavy atom. The summed E-state index contributed by atoms with van der Waals surface area (Å²) in [7, 11) is 0. The lowest BCUT2D eigenvalue weighted by atomic mass is 10.1. The first-order valence-corrected chi connectivity index (χ1v) is 6.94. The number of nitrogens with one attached hydrogen (secondary N) is 1. The molecule has 1 N–H and O–H groups in total. The van der Waals surface area contributed by atoms with Gasteiger partial charge in [-0.1, -0.05) is 5.92 Å². The minimum Gasteiger partial charge on any atom is -0.379 e. The first-order valence-electron chi connectivity index (χ1n) is 6.94. The molecular weight excluding hydrogens is 252 g/mol. The summed E-state index contributed by atoms with van der Waals surface area (Å²) in [4.78, 5) is 14.3. The summed E-state index contributed by atoms with van der Waals surface area (Å²) in [5.74, 6) is 2.49. The van der Waals surface area contributed by atoms with Gasteiger partial charge in [-0.25, -0.2) is 0 Å². The zero-order valence-electron chi connectivity index (χ0n) is 11.6. The van der Waals surface area contributed by atoms with Gasteiger partial charge in [-0.3, -0.25) is 9.69 Å². The summed E-state index contributed by atoms with van der Waals surface area (Å²) in [6.07, 6.45) is 6.23. The van der Waals surface area contributed by atoms with E-state index in [0.717, 1.165) is 44.8 Å². The van der Waals surface area contributed by atoms with Gasteiger partial charge in [0.05, 0.1) is 13.2 Å². The largest absolute Gasteiger partial charge is 0.379 e. The number of hydrogen-bond acceptors (Lipinski definition) is 3. The number of rotatable bonds is 5. The molecule has 2 rings (SSSR count). The smallest absolute Gasteiger partial charge is 0.251 e. The summed E-state index contributed by atoms with van der Waals surface area (Å²) < 4.78 is 5.30. The SMILES string of the molecule is C#Cc1ccc(C(=O)NCCCN2CCOCC2)cc1. The fraction of sp³-hybridized carbons (Fsp3) is 0.438. The highest BCUT2D eigenvalue weighted by Gasteiger charge is 2.10. The van der Waals surface area contributed by atoms with Gasteiger partial charge in [-0.05, 0) is 37.2 Å². The van der Waals surface area contributed by atoms with E-state index in [-0.39, 0.29) is 5.91 Å². The first-order chi connectivity index (χ1) is 9.79. The van der Waals surface area contributed by atoms with Gasteiger partial charge < -0.3 is 10.1 Å². The second-order valence-corrected chi connectivity index (χ2v) is 4.79. The van der Waals surface area contributed by atoms with Crippen molar-refractivity contribution < 1.29 is 9.53 Å². The summed E-state index contributed by atoms with van der Waals surface area (Å²) in [6.45, 7) is 5.29. The molecule has 1 aromatic rings. The number of nitrogens with zero attached hydrogens (tertiary/aromatic N) is 1. The molecule has 106 valence electrons. The van der Waals surface area contributed by atoms with Crippen LogP contribution < -0.4 is 5.32 Å². The van der Waals surface area contributed by atoms with Crippen LogP contribution in [0.2, 0.25) is 0 Å². The number of carbonyl (C=O) groups is 1. The van der Waals surface area contributed by atoms with Crippen LogP contribution in [0.4, 0.5) is 0 Å². The lowest BCUT2D eigenvalue weighted by Gasteiger charge is -2.26. The van der Waals surface area contributed by atoms with Crippen LogP contribution in [-0.4, -0.2) is 50.2 Å². The fourth-order valence-corrected chi connectivity index (χ4v) is 2.15. The van der Waals surface area contributed by atoms with Crippen molar-refractivity contribution in [2.45, 2.75) is 6.42 Å². The van der Waals surface area contributed by atoms with Crippen molar-refractivity contribution in [3.8, 4) is 12.3 Å². The Bertz CT molecular complexity index is 470. The maximum Gasteiger partial charge on any atom is 0.251 e. The third-order valence-electron chi connectivity index (χ3n) is 3.35. The number of hydrogen-bond donors (Lipinski definition) is 1. The zero-order chi connectivity index (χ0) is 14.2. The Labute approximate surface area is 120 Å². The molecule has 1 saturated heterocycles. The van der Waals surface area contributed by atoms with Crippen molar-refractivity contribution in [3.63, 3.8) is 0 Å². The van der Waals surface area contributed by atoms with Gasteiger partial charge in [0.15, 0.2) is 0 Å². The summed E-state index contributed by atoms with van der Waals surface area (Å²) >= 11 is 0. The molecule has 20 heavy (non-hydrogen) atoms. The molecule has 0 unspecified atom stereocenters. The van der Waals surface area contributed by atoms with Crippen molar-refractivity contribution in [1.29, 1.82) is 0 Å². The second-order valence-electron chi connectivity index (χ2n) is 4.79. The normalized spacial score (nSPS) is 15.6. The Morgan fingerprint density at radius 1 is 1.30 bits per heavy atom. The molecule has 0 atom stereocenters. The van der Waals surface area contributed by atoms with Crippen LogP contribution in [0.5, 0.6) is 0 Å². The molecule has 1 fully saturated rings. The molecule has 4 heteroatoms. The predicted octanol–water partition coefficient (Wildman–Crippen LogP) is 1.12. The highest BCUT2D eigenvalue weighted by Crippen LogP contribution is 2.03. The van der Waals surface area contributed by atoms with Crippen LogP contribution in [-0.2, 0) is 4.74 Å². The maximum absolute atomic E-state index is 11.9. The molecule has 1 aromatic carbocycles. The van der Waals surface area contributed by atoms with Crippen molar-refractivity contribution in [3.05, 3.63) is 35.4 Å². The van der Waals surface area contributed by atoms with Gasteiger partial charge in [-0.2, -0.15) is 0 Å². The van der Waals surface area contributed by atoms with Crippen LogP contribution >= 0.6 is 0 Å². The van der Waals surface area contributed by atoms with Crippen LogP contribution in [0.15, 0.2) is 24.3 Å². The van der Waals surface area contributed by atoms with Crippen molar-refractivity contribution in [1.82, 2.24) is 10.2 Å². The number of amides is 1. The van der Waals surface area contributed by atoms with E-state index < -0.39 is 0 Å². The monoisotopic (exact) mass is 272 g/mol. The third-order valence-corrected chi connectivity index (χ3v) is 3.35. The van der Waals surface area contributed by atoms with Crippen molar-refractivity contribution in [2.75, 3.05) is 39.4 Å². The van der Waals surface area contributed by atoms with E-state index in [1.165, 1.54) is 0 Å². The number of ether oxygens (including phenoxy) is 1. The van der Waals surface area contributed by atoms with E-state index in [0.29, 0.717) is 12.1 Å². The Kier molecular flexibility index (Phi) is 5.60. The molecule has 1 aliphatic rings. The molecule has 1 heterocycles. The molecule has 0 bridgehead atoms. The number of morpholine rings is 1. The molecular formula is C16H20N2O2. The lowest BCUT2D eigenvalue weighted by Crippen LogP contribution is -2.38. The van der Waals surface area contributed by atoms with E-state index in [1.807, 2.05) is 0 Å². The third kappa shape index (κ3) is 4.37. The van der Waals surface area contributed by atoms with E-state index in [1.54, 1.807) is 24.3 Å². The first kappa shape index (κ1) is 14.6. The van der Waals surface area contributed by atoms with Crippen LogP contribution in [0.25, 0.3) is 0 Å². The average Bonchev–Trinajstić information content (AvgIpc) is 2.52. The van der Waals surface area contributed by atoms with E-state index in [2.05, 4.69) is 16.1 Å². The molecule has 0 aliphatic carbocycles. The van der Waals surface area contributed by atoms with Crippen LogP contribution in [0, 0.1) is 12.3 Å². The van der Waals surface area contributed by atoms with Crippen molar-refractivity contribution >= 4 is 5.91 Å². The minimum absolute atomic E-state index is 0.0458. The van der Waals surface area contributed by atoms with Gasteiger partial charge >= 0.3 is 0 Å². The Hall–Kier alpha value is -1.83. The average molecular weight is 272 g/mol. The summed E-state index contributed by atoms with van der Waals surface area (Å²) in [5, 5.41) is 2.93. The number of benzene rings is 1. The zero-order valence-corrected chi connectivity index (χ0v) is 11.6. The fourth-order valence-electron chi connectivity index (χ4n) is 2.15. The number of carbonyl (C=O) groups excluding carboxylic acids is 1. The van der Waals surface area contributed by atoms with Crippen LogP contribution in [0.1, 0.15) is 22.3 Å². The highest BCUT2D eigenvalue weighted by atomic mass is 16.5.